The fourth-order valence-electron chi connectivity index (χ4n) is 1.85. The van der Waals surface area contributed by atoms with Crippen molar-refractivity contribution in [3.05, 3.63) is 41.7 Å². The van der Waals surface area contributed by atoms with Gasteiger partial charge in [-0.2, -0.15) is 4.39 Å². The zero-order valence-electron chi connectivity index (χ0n) is 10.5. The zero-order chi connectivity index (χ0) is 14.0. The molecule has 2 aromatic rings. The summed E-state index contributed by atoms with van der Waals surface area (Å²) in [4.78, 5) is 18.9. The third-order valence-electron chi connectivity index (χ3n) is 2.64. The van der Waals surface area contributed by atoms with Crippen LogP contribution in [0.5, 0.6) is 5.75 Å². The number of pyridine rings is 2. The highest BCUT2D eigenvalue weighted by Crippen LogP contribution is 2.32. The lowest BCUT2D eigenvalue weighted by atomic mass is 10.00. The predicted octanol–water partition coefficient (Wildman–Crippen LogP) is 1.70. The number of amides is 1. The summed E-state index contributed by atoms with van der Waals surface area (Å²) in [7, 11) is 1.47. The van der Waals surface area contributed by atoms with E-state index in [0.29, 0.717) is 22.6 Å². The topological polar surface area (TPSA) is 78.1 Å². The second-order valence-electron chi connectivity index (χ2n) is 3.92. The number of hydrogen-bond acceptors (Lipinski definition) is 4. The Morgan fingerprint density at radius 2 is 2.16 bits per heavy atom. The Morgan fingerprint density at radius 3 is 2.79 bits per heavy atom. The summed E-state index contributed by atoms with van der Waals surface area (Å²) in [5.74, 6) is -1.34. The molecule has 0 saturated carbocycles. The minimum absolute atomic E-state index is 0.255. The molecule has 0 aliphatic rings. The molecule has 0 spiro atoms. The lowest BCUT2D eigenvalue weighted by Gasteiger charge is -2.12. The molecule has 0 radical (unpaired) electrons. The Morgan fingerprint density at radius 1 is 1.42 bits per heavy atom. The molecule has 6 heteroatoms. The first-order valence-electron chi connectivity index (χ1n) is 5.50. The average Bonchev–Trinajstić information content (AvgIpc) is 2.37. The Kier molecular flexibility index (Phi) is 3.41. The van der Waals surface area contributed by atoms with E-state index in [9.17, 15) is 9.18 Å². The zero-order valence-corrected chi connectivity index (χ0v) is 10.5. The van der Waals surface area contributed by atoms with Gasteiger partial charge in [0.25, 0.3) is 5.91 Å². The minimum atomic E-state index is -0.888. The van der Waals surface area contributed by atoms with Crippen LogP contribution in [0.2, 0.25) is 0 Å². The van der Waals surface area contributed by atoms with E-state index in [1.807, 2.05) is 0 Å². The van der Waals surface area contributed by atoms with Crippen molar-refractivity contribution in [2.24, 2.45) is 5.73 Å². The lowest BCUT2D eigenvalue weighted by Crippen LogP contribution is -2.16. The summed E-state index contributed by atoms with van der Waals surface area (Å²) in [5, 5.41) is 0. The highest BCUT2D eigenvalue weighted by molar-refractivity contribution is 6.00. The van der Waals surface area contributed by atoms with Gasteiger partial charge in [0.05, 0.1) is 13.3 Å². The molecule has 0 aliphatic heterocycles. The summed E-state index contributed by atoms with van der Waals surface area (Å²) in [6.07, 6.45) is 3.00. The summed E-state index contributed by atoms with van der Waals surface area (Å²) >= 11 is 0. The molecular formula is C13H12FN3O2. The van der Waals surface area contributed by atoms with Gasteiger partial charge in [-0.1, -0.05) is 0 Å². The number of halogens is 1. The van der Waals surface area contributed by atoms with Gasteiger partial charge in [-0.3, -0.25) is 9.78 Å². The molecule has 19 heavy (non-hydrogen) atoms. The van der Waals surface area contributed by atoms with E-state index in [0.717, 1.165) is 0 Å². The van der Waals surface area contributed by atoms with E-state index in [1.165, 1.54) is 19.5 Å². The molecule has 0 atom stereocenters. The molecule has 2 heterocycles. The van der Waals surface area contributed by atoms with Gasteiger partial charge in [-0.05, 0) is 19.1 Å². The van der Waals surface area contributed by atoms with Gasteiger partial charge in [-0.25, -0.2) is 4.98 Å². The number of nitrogens with two attached hydrogens (primary N) is 1. The largest absolute Gasteiger partial charge is 0.494 e. The summed E-state index contributed by atoms with van der Waals surface area (Å²) in [6.45, 7) is 1.63. The molecule has 2 aromatic heterocycles. The highest BCUT2D eigenvalue weighted by Gasteiger charge is 2.20. The molecule has 0 bridgehead atoms. The molecule has 2 N–H and O–H groups in total. The van der Waals surface area contributed by atoms with Crippen LogP contribution < -0.4 is 10.5 Å². The van der Waals surface area contributed by atoms with E-state index in [1.54, 1.807) is 19.1 Å². The monoisotopic (exact) mass is 261 g/mol. The van der Waals surface area contributed by atoms with Crippen molar-refractivity contribution in [1.29, 1.82) is 0 Å². The molecular weight excluding hydrogens is 249 g/mol. The molecule has 0 saturated heterocycles. The van der Waals surface area contributed by atoms with Crippen molar-refractivity contribution in [1.82, 2.24) is 9.97 Å². The lowest BCUT2D eigenvalue weighted by molar-refractivity contribution is 0.0996. The predicted molar refractivity (Wildman–Crippen MR) is 67.2 cm³/mol. The van der Waals surface area contributed by atoms with Crippen molar-refractivity contribution in [3.63, 3.8) is 0 Å². The van der Waals surface area contributed by atoms with Crippen LogP contribution in [-0.2, 0) is 0 Å². The van der Waals surface area contributed by atoms with E-state index < -0.39 is 11.9 Å². The quantitative estimate of drug-likeness (QED) is 0.853. The maximum Gasteiger partial charge on any atom is 0.253 e. The van der Waals surface area contributed by atoms with Crippen LogP contribution in [0.15, 0.2) is 24.5 Å². The Labute approximate surface area is 109 Å². The molecule has 0 unspecified atom stereocenters. The van der Waals surface area contributed by atoms with Gasteiger partial charge in [0.2, 0.25) is 5.95 Å². The van der Waals surface area contributed by atoms with Gasteiger partial charge in [0, 0.05) is 23.0 Å². The number of aromatic nitrogens is 2. The standard InChI is InChI=1S/C13H12FN3O2/c1-7-5-9(11(13(15)18)12(14)17-7)8-3-4-16-6-10(8)19-2/h3-6H,1-2H3,(H2,15,18). The van der Waals surface area contributed by atoms with Gasteiger partial charge in [0.15, 0.2) is 0 Å². The van der Waals surface area contributed by atoms with Crippen molar-refractivity contribution in [3.8, 4) is 16.9 Å². The van der Waals surface area contributed by atoms with Crippen LogP contribution in [0.4, 0.5) is 4.39 Å². The number of ether oxygens (including phenoxy) is 1. The van der Waals surface area contributed by atoms with Gasteiger partial charge >= 0.3 is 0 Å². The van der Waals surface area contributed by atoms with Crippen molar-refractivity contribution in [2.75, 3.05) is 7.11 Å². The number of nitrogens with zero attached hydrogens (tertiary/aromatic N) is 2. The number of rotatable bonds is 3. The van der Waals surface area contributed by atoms with Crippen LogP contribution in [-0.4, -0.2) is 23.0 Å². The van der Waals surface area contributed by atoms with E-state index in [4.69, 9.17) is 10.5 Å². The number of primary amides is 1. The third-order valence-corrected chi connectivity index (χ3v) is 2.64. The first-order chi connectivity index (χ1) is 9.04. The molecule has 0 aliphatic carbocycles. The molecule has 98 valence electrons. The van der Waals surface area contributed by atoms with Crippen molar-refractivity contribution < 1.29 is 13.9 Å². The number of aryl methyl sites for hydroxylation is 1. The average molecular weight is 261 g/mol. The third kappa shape index (κ3) is 2.37. The first-order valence-corrected chi connectivity index (χ1v) is 5.50. The normalized spacial score (nSPS) is 10.3. The van der Waals surface area contributed by atoms with Crippen LogP contribution in [0, 0.1) is 12.9 Å². The first kappa shape index (κ1) is 12.9. The second kappa shape index (κ2) is 5.01. The maximum absolute atomic E-state index is 13.8. The van der Waals surface area contributed by atoms with Crippen LogP contribution in [0.3, 0.4) is 0 Å². The Bertz CT molecular complexity index is 644. The van der Waals surface area contributed by atoms with E-state index in [-0.39, 0.29) is 5.56 Å². The molecule has 0 aromatic carbocycles. The van der Waals surface area contributed by atoms with Crippen LogP contribution >= 0.6 is 0 Å². The molecule has 2 rings (SSSR count). The maximum atomic E-state index is 13.8. The van der Waals surface area contributed by atoms with Gasteiger partial charge < -0.3 is 10.5 Å². The second-order valence-corrected chi connectivity index (χ2v) is 3.92. The van der Waals surface area contributed by atoms with E-state index >= 15 is 0 Å². The minimum Gasteiger partial charge on any atom is -0.494 e. The molecule has 1 amide bonds. The van der Waals surface area contributed by atoms with E-state index in [2.05, 4.69) is 9.97 Å². The Balaban J connectivity index is 2.77. The summed E-state index contributed by atoms with van der Waals surface area (Å²) in [5.41, 5.74) is 6.29. The van der Waals surface area contributed by atoms with Crippen molar-refractivity contribution in [2.45, 2.75) is 6.92 Å². The fourth-order valence-corrected chi connectivity index (χ4v) is 1.85. The number of methoxy groups -OCH3 is 1. The summed E-state index contributed by atoms with van der Waals surface area (Å²) < 4.78 is 19.0. The number of hydrogen-bond donors (Lipinski definition) is 1. The van der Waals surface area contributed by atoms with Gasteiger partial charge in [0.1, 0.15) is 11.3 Å². The molecule has 5 nitrogen and oxygen atoms in total. The van der Waals surface area contributed by atoms with Gasteiger partial charge in [-0.15, -0.1) is 0 Å². The highest BCUT2D eigenvalue weighted by atomic mass is 19.1. The number of carbonyl (C=O) groups excluding carboxylic acids is 1. The molecule has 0 fully saturated rings. The smallest absolute Gasteiger partial charge is 0.253 e. The summed E-state index contributed by atoms with van der Waals surface area (Å²) in [6, 6.07) is 3.21. The Hall–Kier alpha value is -2.50. The number of carbonyl (C=O) groups is 1. The SMILES string of the molecule is COc1cnccc1-c1cc(C)nc(F)c1C(N)=O. The van der Waals surface area contributed by atoms with Crippen molar-refractivity contribution >= 4 is 5.91 Å². The fraction of sp³-hybridized carbons (Fsp3) is 0.154. The van der Waals surface area contributed by atoms with Crippen LogP contribution in [0.25, 0.3) is 11.1 Å². The van der Waals surface area contributed by atoms with Crippen LogP contribution in [0.1, 0.15) is 16.1 Å².